The molecule has 0 aliphatic heterocycles. The number of halogens is 2. The van der Waals surface area contributed by atoms with Crippen LogP contribution in [0.2, 0.25) is 5.02 Å². The fraction of sp³-hybridized carbons (Fsp3) is 0.0833. The van der Waals surface area contributed by atoms with Crippen molar-refractivity contribution in [2.75, 3.05) is 5.32 Å². The van der Waals surface area contributed by atoms with E-state index in [2.05, 4.69) is 10.4 Å². The van der Waals surface area contributed by atoms with Crippen molar-refractivity contribution < 1.29 is 19.1 Å². The van der Waals surface area contributed by atoms with Gasteiger partial charge in [0.2, 0.25) is 5.91 Å². The molecule has 6 nitrogen and oxygen atoms in total. The molecule has 2 aromatic rings. The van der Waals surface area contributed by atoms with Crippen LogP contribution in [0, 0.1) is 5.82 Å². The molecule has 20 heavy (non-hydrogen) atoms. The lowest BCUT2D eigenvalue weighted by Gasteiger charge is -2.06. The Morgan fingerprint density at radius 3 is 2.80 bits per heavy atom. The maximum absolute atomic E-state index is 12.9. The summed E-state index contributed by atoms with van der Waals surface area (Å²) in [6, 6.07) is 3.78. The second-order valence-corrected chi connectivity index (χ2v) is 4.32. The van der Waals surface area contributed by atoms with E-state index in [1.165, 1.54) is 23.0 Å². The summed E-state index contributed by atoms with van der Waals surface area (Å²) >= 11 is 5.59. The lowest BCUT2D eigenvalue weighted by molar-refractivity contribution is -0.116. The quantitative estimate of drug-likeness (QED) is 0.904. The van der Waals surface area contributed by atoms with E-state index in [-0.39, 0.29) is 17.1 Å². The summed E-state index contributed by atoms with van der Waals surface area (Å²) in [5.74, 6) is -2.14. The Morgan fingerprint density at radius 1 is 1.45 bits per heavy atom. The molecule has 0 spiro atoms. The van der Waals surface area contributed by atoms with Crippen molar-refractivity contribution in [1.29, 1.82) is 0 Å². The molecule has 0 saturated heterocycles. The zero-order valence-electron chi connectivity index (χ0n) is 10.0. The molecule has 0 radical (unpaired) electrons. The molecule has 0 fully saturated rings. The molecule has 1 amide bonds. The summed E-state index contributed by atoms with van der Waals surface area (Å²) in [5.41, 5.74) is 0.328. The first kappa shape index (κ1) is 14.0. The molecule has 8 heteroatoms. The van der Waals surface area contributed by atoms with Gasteiger partial charge in [0.15, 0.2) is 0 Å². The Labute approximate surface area is 117 Å². The smallest absolute Gasteiger partial charge is 0.338 e. The summed E-state index contributed by atoms with van der Waals surface area (Å²) < 4.78 is 14.1. The number of aromatic carboxylic acids is 1. The number of carboxylic acids is 1. The molecule has 0 unspecified atom stereocenters. The zero-order chi connectivity index (χ0) is 14.7. The highest BCUT2D eigenvalue weighted by atomic mass is 35.5. The Morgan fingerprint density at radius 2 is 2.20 bits per heavy atom. The SMILES string of the molecule is O=C(Cn1cc(C(=O)O)cn1)Nc1ccc(F)c(Cl)c1. The van der Waals surface area contributed by atoms with Crippen LogP contribution in [-0.4, -0.2) is 26.8 Å². The van der Waals surface area contributed by atoms with Gasteiger partial charge in [-0.25, -0.2) is 9.18 Å². The van der Waals surface area contributed by atoms with Crippen molar-refractivity contribution >= 4 is 29.2 Å². The Balaban J connectivity index is 2.01. The van der Waals surface area contributed by atoms with Gasteiger partial charge in [0.1, 0.15) is 12.4 Å². The van der Waals surface area contributed by atoms with Crippen LogP contribution >= 0.6 is 11.6 Å². The second-order valence-electron chi connectivity index (χ2n) is 3.91. The average Bonchev–Trinajstić information content (AvgIpc) is 2.82. The molecular formula is C12H9ClFN3O3. The molecule has 0 saturated carbocycles. The van der Waals surface area contributed by atoms with Crippen LogP contribution in [0.4, 0.5) is 10.1 Å². The van der Waals surface area contributed by atoms with Crippen LogP contribution in [-0.2, 0) is 11.3 Å². The minimum Gasteiger partial charge on any atom is -0.478 e. The normalized spacial score (nSPS) is 10.3. The minimum absolute atomic E-state index is 0.0115. The van der Waals surface area contributed by atoms with Gasteiger partial charge in [0, 0.05) is 11.9 Å². The molecule has 1 heterocycles. The van der Waals surface area contributed by atoms with Crippen LogP contribution in [0.3, 0.4) is 0 Å². The molecule has 0 atom stereocenters. The van der Waals surface area contributed by atoms with E-state index in [0.717, 1.165) is 12.3 Å². The average molecular weight is 298 g/mol. The maximum Gasteiger partial charge on any atom is 0.338 e. The van der Waals surface area contributed by atoms with Crippen LogP contribution in [0.1, 0.15) is 10.4 Å². The molecule has 0 bridgehead atoms. The number of carboxylic acid groups (broad SMARTS) is 1. The number of carbonyl (C=O) groups is 2. The molecule has 104 valence electrons. The van der Waals surface area contributed by atoms with E-state index in [4.69, 9.17) is 16.7 Å². The fourth-order valence-corrected chi connectivity index (χ4v) is 1.66. The van der Waals surface area contributed by atoms with Gasteiger partial charge in [-0.2, -0.15) is 5.10 Å². The van der Waals surface area contributed by atoms with Crippen molar-refractivity contribution in [2.24, 2.45) is 0 Å². The lowest BCUT2D eigenvalue weighted by atomic mass is 10.3. The highest BCUT2D eigenvalue weighted by molar-refractivity contribution is 6.31. The van der Waals surface area contributed by atoms with Crippen LogP contribution < -0.4 is 5.32 Å². The van der Waals surface area contributed by atoms with Gasteiger partial charge in [-0.3, -0.25) is 9.48 Å². The number of hydrogen-bond donors (Lipinski definition) is 2. The molecule has 0 aliphatic rings. The van der Waals surface area contributed by atoms with Gasteiger partial charge < -0.3 is 10.4 Å². The summed E-state index contributed by atoms with van der Waals surface area (Å²) in [7, 11) is 0. The predicted octanol–water partition coefficient (Wildman–Crippen LogP) is 2.01. The Bertz CT molecular complexity index is 672. The number of carbonyl (C=O) groups excluding carboxylic acids is 1. The number of hydrogen-bond acceptors (Lipinski definition) is 3. The number of aromatic nitrogens is 2. The van der Waals surface area contributed by atoms with Crippen LogP contribution in [0.15, 0.2) is 30.6 Å². The standard InChI is InChI=1S/C12H9ClFN3O3/c13-9-3-8(1-2-10(9)14)16-11(18)6-17-5-7(4-15-17)12(19)20/h1-5H,6H2,(H,16,18)(H,19,20). The topological polar surface area (TPSA) is 84.2 Å². The van der Waals surface area contributed by atoms with Gasteiger partial charge in [-0.05, 0) is 18.2 Å². The van der Waals surface area contributed by atoms with E-state index >= 15 is 0 Å². The van der Waals surface area contributed by atoms with Crippen molar-refractivity contribution in [1.82, 2.24) is 9.78 Å². The fourth-order valence-electron chi connectivity index (χ4n) is 1.48. The first-order valence-electron chi connectivity index (χ1n) is 5.46. The van der Waals surface area contributed by atoms with Gasteiger partial charge in [-0.1, -0.05) is 11.6 Å². The third kappa shape index (κ3) is 3.33. The van der Waals surface area contributed by atoms with Crippen LogP contribution in [0.5, 0.6) is 0 Å². The molecule has 0 aliphatic carbocycles. The van der Waals surface area contributed by atoms with E-state index in [9.17, 15) is 14.0 Å². The summed E-state index contributed by atoms with van der Waals surface area (Å²) in [6.07, 6.45) is 2.38. The van der Waals surface area contributed by atoms with Gasteiger partial charge in [0.05, 0.1) is 16.8 Å². The second kappa shape index (κ2) is 5.70. The van der Waals surface area contributed by atoms with E-state index in [1.54, 1.807) is 0 Å². The number of nitrogens with zero attached hydrogens (tertiary/aromatic N) is 2. The lowest BCUT2D eigenvalue weighted by Crippen LogP contribution is -2.19. The number of amides is 1. The highest BCUT2D eigenvalue weighted by Crippen LogP contribution is 2.19. The third-order valence-electron chi connectivity index (χ3n) is 2.39. The molecule has 2 N–H and O–H groups in total. The summed E-state index contributed by atoms with van der Waals surface area (Å²) in [5, 5.41) is 14.9. The number of anilines is 1. The summed E-state index contributed by atoms with van der Waals surface area (Å²) in [6.45, 7) is -0.164. The van der Waals surface area contributed by atoms with E-state index in [0.29, 0.717) is 5.69 Å². The maximum atomic E-state index is 12.9. The Kier molecular flexibility index (Phi) is 3.99. The number of benzene rings is 1. The van der Waals surface area contributed by atoms with E-state index < -0.39 is 17.7 Å². The number of rotatable bonds is 4. The largest absolute Gasteiger partial charge is 0.478 e. The highest BCUT2D eigenvalue weighted by Gasteiger charge is 2.09. The van der Waals surface area contributed by atoms with Crippen LogP contribution in [0.25, 0.3) is 0 Å². The van der Waals surface area contributed by atoms with Gasteiger partial charge >= 0.3 is 5.97 Å². The van der Waals surface area contributed by atoms with Crippen molar-refractivity contribution in [3.63, 3.8) is 0 Å². The van der Waals surface area contributed by atoms with Crippen molar-refractivity contribution in [3.8, 4) is 0 Å². The van der Waals surface area contributed by atoms with Crippen molar-refractivity contribution in [2.45, 2.75) is 6.54 Å². The number of nitrogens with one attached hydrogen (secondary N) is 1. The molecular weight excluding hydrogens is 289 g/mol. The Hall–Kier alpha value is -2.41. The first-order valence-corrected chi connectivity index (χ1v) is 5.84. The third-order valence-corrected chi connectivity index (χ3v) is 2.68. The van der Waals surface area contributed by atoms with Gasteiger partial charge in [0.25, 0.3) is 0 Å². The van der Waals surface area contributed by atoms with Gasteiger partial charge in [-0.15, -0.1) is 0 Å². The monoisotopic (exact) mass is 297 g/mol. The first-order chi connectivity index (χ1) is 9.45. The summed E-state index contributed by atoms with van der Waals surface area (Å²) in [4.78, 5) is 22.4. The predicted molar refractivity (Wildman–Crippen MR) is 69.2 cm³/mol. The molecule has 1 aromatic carbocycles. The molecule has 1 aromatic heterocycles. The minimum atomic E-state index is -1.12. The molecule has 2 rings (SSSR count). The zero-order valence-corrected chi connectivity index (χ0v) is 10.8. The van der Waals surface area contributed by atoms with E-state index in [1.807, 2.05) is 0 Å². The van der Waals surface area contributed by atoms with Crippen molar-refractivity contribution in [3.05, 3.63) is 47.0 Å².